The number of hydrogen-bond acceptors (Lipinski definition) is 3. The number of nitrogens with one attached hydrogen (secondary N) is 1. The highest BCUT2D eigenvalue weighted by Crippen LogP contribution is 2.18. The van der Waals surface area contributed by atoms with Crippen molar-refractivity contribution >= 4 is 22.8 Å². The van der Waals surface area contributed by atoms with Crippen molar-refractivity contribution in [2.45, 2.75) is 45.7 Å². The average molecular weight is 407 g/mol. The van der Waals surface area contributed by atoms with Gasteiger partial charge in [0, 0.05) is 33.5 Å². The molecule has 1 heterocycles. The molecule has 30 heavy (non-hydrogen) atoms. The maximum Gasteiger partial charge on any atom is 0.242 e. The van der Waals surface area contributed by atoms with E-state index in [4.69, 9.17) is 4.98 Å². The van der Waals surface area contributed by atoms with Gasteiger partial charge in [0.25, 0.3) is 0 Å². The summed E-state index contributed by atoms with van der Waals surface area (Å²) in [6.07, 6.45) is 3.73. The van der Waals surface area contributed by atoms with Crippen molar-refractivity contribution in [3.8, 4) is 0 Å². The van der Waals surface area contributed by atoms with E-state index in [2.05, 4.69) is 5.32 Å². The van der Waals surface area contributed by atoms with Crippen LogP contribution in [-0.2, 0) is 29.1 Å². The van der Waals surface area contributed by atoms with Gasteiger partial charge < -0.3 is 14.8 Å². The van der Waals surface area contributed by atoms with Crippen molar-refractivity contribution in [1.82, 2.24) is 19.8 Å². The number of amides is 2. The number of unbranched alkanes of at least 4 members (excludes halogenated alkanes) is 2. The van der Waals surface area contributed by atoms with Crippen LogP contribution < -0.4 is 5.32 Å². The van der Waals surface area contributed by atoms with Gasteiger partial charge in [0.1, 0.15) is 12.4 Å². The van der Waals surface area contributed by atoms with Crippen molar-refractivity contribution in [1.29, 1.82) is 0 Å². The molecule has 0 atom stereocenters. The minimum Gasteiger partial charge on any atom is -0.356 e. The second kappa shape index (κ2) is 10.6. The highest BCUT2D eigenvalue weighted by molar-refractivity contribution is 5.81. The van der Waals surface area contributed by atoms with Crippen LogP contribution in [0, 0.1) is 0 Å². The Morgan fingerprint density at radius 3 is 2.50 bits per heavy atom. The second-order valence-electron chi connectivity index (χ2n) is 7.63. The molecule has 0 aliphatic heterocycles. The van der Waals surface area contributed by atoms with Gasteiger partial charge in [0.2, 0.25) is 11.8 Å². The molecule has 2 amide bonds. The van der Waals surface area contributed by atoms with Crippen LogP contribution in [0.2, 0.25) is 0 Å². The summed E-state index contributed by atoms with van der Waals surface area (Å²) in [5.74, 6) is 1.01. The summed E-state index contributed by atoms with van der Waals surface area (Å²) in [4.78, 5) is 30.4. The predicted octanol–water partition coefficient (Wildman–Crippen LogP) is 3.54. The first-order valence-electron chi connectivity index (χ1n) is 10.5. The largest absolute Gasteiger partial charge is 0.356 e. The fourth-order valence-electron chi connectivity index (χ4n) is 3.54. The molecule has 0 radical (unpaired) electrons. The summed E-state index contributed by atoms with van der Waals surface area (Å²) in [5.41, 5.74) is 3.03. The van der Waals surface area contributed by atoms with E-state index in [1.54, 1.807) is 4.90 Å². The Kier molecular flexibility index (Phi) is 7.60. The monoisotopic (exact) mass is 406 g/mol. The molecule has 6 nitrogen and oxygen atoms in total. The predicted molar refractivity (Wildman–Crippen MR) is 119 cm³/mol. The third-order valence-corrected chi connectivity index (χ3v) is 5.17. The normalized spacial score (nSPS) is 10.9. The molecule has 0 aliphatic carbocycles. The van der Waals surface area contributed by atoms with Gasteiger partial charge in [-0.25, -0.2) is 4.98 Å². The molecule has 6 heteroatoms. The first-order valence-corrected chi connectivity index (χ1v) is 10.5. The zero-order valence-corrected chi connectivity index (χ0v) is 17.8. The van der Waals surface area contributed by atoms with E-state index in [0.29, 0.717) is 13.1 Å². The highest BCUT2D eigenvalue weighted by Gasteiger charge is 2.16. The molecule has 0 bridgehead atoms. The Morgan fingerprint density at radius 2 is 1.73 bits per heavy atom. The molecule has 0 saturated carbocycles. The molecule has 3 rings (SSSR count). The molecule has 0 saturated heterocycles. The third-order valence-electron chi connectivity index (χ3n) is 5.17. The molecule has 2 aromatic carbocycles. The molecular formula is C24H30N4O2. The number of carbonyl (C=O) groups is 2. The van der Waals surface area contributed by atoms with Crippen molar-refractivity contribution in [3.05, 3.63) is 66.0 Å². The topological polar surface area (TPSA) is 67.2 Å². The Hall–Kier alpha value is -3.15. The summed E-state index contributed by atoms with van der Waals surface area (Å²) in [6.45, 7) is 3.11. The van der Waals surface area contributed by atoms with Crippen LogP contribution in [0.5, 0.6) is 0 Å². The number of para-hydroxylation sites is 2. The Morgan fingerprint density at radius 1 is 1.00 bits per heavy atom. The minimum atomic E-state index is 0.00919. The van der Waals surface area contributed by atoms with Crippen LogP contribution in [0.3, 0.4) is 0 Å². The van der Waals surface area contributed by atoms with Crippen LogP contribution in [0.15, 0.2) is 54.6 Å². The van der Waals surface area contributed by atoms with Gasteiger partial charge in [-0.15, -0.1) is 0 Å². The Labute approximate surface area is 177 Å². The Bertz CT molecular complexity index is 981. The lowest BCUT2D eigenvalue weighted by Gasteiger charge is -2.19. The summed E-state index contributed by atoms with van der Waals surface area (Å²) >= 11 is 0. The van der Waals surface area contributed by atoms with E-state index in [9.17, 15) is 9.59 Å². The molecule has 0 spiro atoms. The van der Waals surface area contributed by atoms with Crippen LogP contribution in [0.4, 0.5) is 0 Å². The van der Waals surface area contributed by atoms with E-state index in [0.717, 1.165) is 48.1 Å². The van der Waals surface area contributed by atoms with Gasteiger partial charge in [-0.2, -0.15) is 0 Å². The van der Waals surface area contributed by atoms with Gasteiger partial charge in [-0.05, 0) is 30.5 Å². The van der Waals surface area contributed by atoms with E-state index in [1.807, 2.05) is 66.2 Å². The molecule has 0 unspecified atom stereocenters. The van der Waals surface area contributed by atoms with Crippen LogP contribution in [0.25, 0.3) is 11.0 Å². The summed E-state index contributed by atoms with van der Waals surface area (Å²) in [5, 5.41) is 2.83. The molecular weight excluding hydrogens is 376 g/mol. The van der Waals surface area contributed by atoms with E-state index in [1.165, 1.54) is 6.92 Å². The lowest BCUT2D eigenvalue weighted by Crippen LogP contribution is -2.30. The lowest BCUT2D eigenvalue weighted by atomic mass is 10.2. The van der Waals surface area contributed by atoms with E-state index >= 15 is 0 Å². The first-order chi connectivity index (χ1) is 14.5. The highest BCUT2D eigenvalue weighted by atomic mass is 16.2. The standard InChI is InChI=1S/C24H30N4O2/c1-19(29)25-16-10-4-7-15-23-26-21-13-8-9-14-22(21)28(23)18-24(30)27(2)17-20-11-5-3-6-12-20/h3,5-6,8-9,11-14H,4,7,10,15-18H2,1-2H3,(H,25,29). The van der Waals surface area contributed by atoms with Gasteiger partial charge >= 0.3 is 0 Å². The van der Waals surface area contributed by atoms with Gasteiger partial charge in [0.05, 0.1) is 11.0 Å². The van der Waals surface area contributed by atoms with Crippen LogP contribution in [-0.4, -0.2) is 39.9 Å². The molecule has 1 N–H and O–H groups in total. The number of benzene rings is 2. The fourth-order valence-corrected chi connectivity index (χ4v) is 3.54. The van der Waals surface area contributed by atoms with E-state index < -0.39 is 0 Å². The number of nitrogens with zero attached hydrogens (tertiary/aromatic N) is 3. The number of aryl methyl sites for hydroxylation is 1. The average Bonchev–Trinajstić information content (AvgIpc) is 3.08. The molecule has 0 fully saturated rings. The maximum atomic E-state index is 12.9. The van der Waals surface area contributed by atoms with Crippen molar-refractivity contribution in [2.24, 2.45) is 0 Å². The number of carbonyl (C=O) groups excluding carboxylic acids is 2. The number of rotatable bonds is 10. The number of imidazole rings is 1. The second-order valence-corrected chi connectivity index (χ2v) is 7.63. The van der Waals surface area contributed by atoms with Gasteiger partial charge in [-0.1, -0.05) is 48.9 Å². The maximum absolute atomic E-state index is 12.9. The number of fused-ring (bicyclic) bond motifs is 1. The Balaban J connectivity index is 1.65. The molecule has 0 aliphatic rings. The van der Waals surface area contributed by atoms with Crippen molar-refractivity contribution in [3.63, 3.8) is 0 Å². The van der Waals surface area contributed by atoms with Gasteiger partial charge in [-0.3, -0.25) is 9.59 Å². The zero-order chi connectivity index (χ0) is 21.3. The fraction of sp³-hybridized carbons (Fsp3) is 0.375. The molecule has 158 valence electrons. The lowest BCUT2D eigenvalue weighted by molar-refractivity contribution is -0.131. The summed E-state index contributed by atoms with van der Waals surface area (Å²) in [7, 11) is 1.84. The first kappa shape index (κ1) is 21.6. The molecule has 1 aromatic heterocycles. The summed E-state index contributed by atoms with van der Waals surface area (Å²) in [6, 6.07) is 18.0. The van der Waals surface area contributed by atoms with E-state index in [-0.39, 0.29) is 18.4 Å². The molecule has 3 aromatic rings. The SMILES string of the molecule is CC(=O)NCCCCCc1nc2ccccc2n1CC(=O)N(C)Cc1ccccc1. The number of aromatic nitrogens is 2. The van der Waals surface area contributed by atoms with Crippen LogP contribution in [0.1, 0.15) is 37.6 Å². The van der Waals surface area contributed by atoms with Crippen molar-refractivity contribution < 1.29 is 9.59 Å². The summed E-state index contributed by atoms with van der Waals surface area (Å²) < 4.78 is 2.05. The van der Waals surface area contributed by atoms with Gasteiger partial charge in [0.15, 0.2) is 0 Å². The quantitative estimate of drug-likeness (QED) is 0.524. The van der Waals surface area contributed by atoms with Crippen molar-refractivity contribution in [2.75, 3.05) is 13.6 Å². The zero-order valence-electron chi connectivity index (χ0n) is 17.8. The third kappa shape index (κ3) is 5.92. The smallest absolute Gasteiger partial charge is 0.242 e. The van der Waals surface area contributed by atoms with Crippen LogP contribution >= 0.6 is 0 Å². The minimum absolute atomic E-state index is 0.00919. The number of likely N-dealkylation sites (N-methyl/N-ethyl adjacent to an activating group) is 1. The number of hydrogen-bond donors (Lipinski definition) is 1.